The van der Waals surface area contributed by atoms with Crippen LogP contribution < -0.4 is 5.32 Å². The summed E-state index contributed by atoms with van der Waals surface area (Å²) in [6, 6.07) is 10.4. The first-order valence-corrected chi connectivity index (χ1v) is 11.7. The predicted octanol–water partition coefficient (Wildman–Crippen LogP) is 5.42. The third-order valence-corrected chi connectivity index (χ3v) is 6.02. The molecular weight excluding hydrogens is 471 g/mol. The number of aryl methyl sites for hydroxylation is 1. The fraction of sp³-hybridized carbons (Fsp3) is 0.111. The number of amides is 1. The van der Waals surface area contributed by atoms with Crippen LogP contribution in [0.15, 0.2) is 61.2 Å². The number of aromatic amines is 2. The molecule has 1 amide bonds. The number of hydrogen-bond donors (Lipinski definition) is 3. The van der Waals surface area contributed by atoms with Gasteiger partial charge in [0, 0.05) is 29.9 Å². The summed E-state index contributed by atoms with van der Waals surface area (Å²) in [6.45, 7) is 3.64. The second-order valence-electron chi connectivity index (χ2n) is 8.71. The molecule has 6 aromatic rings. The lowest BCUT2D eigenvalue weighted by molar-refractivity contribution is -0.115. The van der Waals surface area contributed by atoms with Crippen molar-refractivity contribution in [3.63, 3.8) is 0 Å². The van der Waals surface area contributed by atoms with Gasteiger partial charge in [-0.05, 0) is 48.4 Å². The van der Waals surface area contributed by atoms with E-state index in [1.165, 1.54) is 12.1 Å². The van der Waals surface area contributed by atoms with Crippen LogP contribution in [-0.4, -0.2) is 41.0 Å². The molecule has 0 aliphatic rings. The number of aromatic nitrogens is 7. The molecule has 182 valence electrons. The summed E-state index contributed by atoms with van der Waals surface area (Å²) in [7, 11) is 0. The summed E-state index contributed by atoms with van der Waals surface area (Å²) in [5.74, 6) is 0.104. The van der Waals surface area contributed by atoms with Crippen LogP contribution >= 0.6 is 0 Å². The first-order valence-electron chi connectivity index (χ1n) is 11.7. The molecule has 1 aromatic carbocycles. The lowest BCUT2D eigenvalue weighted by Gasteiger charge is -2.06. The molecule has 5 heterocycles. The van der Waals surface area contributed by atoms with E-state index in [-0.39, 0.29) is 11.7 Å². The summed E-state index contributed by atoms with van der Waals surface area (Å²) in [5.41, 5.74) is 7.50. The van der Waals surface area contributed by atoms with Gasteiger partial charge in [-0.2, -0.15) is 5.10 Å². The number of nitrogens with zero attached hydrogens (tertiary/aromatic N) is 5. The van der Waals surface area contributed by atoms with Crippen molar-refractivity contribution in [2.45, 2.75) is 20.3 Å². The van der Waals surface area contributed by atoms with Gasteiger partial charge in [0.05, 0.1) is 40.3 Å². The van der Waals surface area contributed by atoms with E-state index < -0.39 is 0 Å². The van der Waals surface area contributed by atoms with Crippen LogP contribution in [0.4, 0.5) is 10.1 Å². The van der Waals surface area contributed by atoms with Gasteiger partial charge in [-0.3, -0.25) is 19.9 Å². The highest BCUT2D eigenvalue weighted by Gasteiger charge is 2.18. The van der Waals surface area contributed by atoms with Gasteiger partial charge in [0.1, 0.15) is 11.3 Å². The van der Waals surface area contributed by atoms with Crippen LogP contribution in [0.1, 0.15) is 18.9 Å². The highest BCUT2D eigenvalue weighted by atomic mass is 19.1. The molecule has 37 heavy (non-hydrogen) atoms. The number of halogens is 1. The van der Waals surface area contributed by atoms with Gasteiger partial charge in [0.2, 0.25) is 5.91 Å². The quantitative estimate of drug-likeness (QED) is 0.295. The maximum atomic E-state index is 14.1. The van der Waals surface area contributed by atoms with Crippen molar-refractivity contribution in [2.24, 2.45) is 0 Å². The Hall–Kier alpha value is -4.99. The van der Waals surface area contributed by atoms with Gasteiger partial charge >= 0.3 is 0 Å². The van der Waals surface area contributed by atoms with Gasteiger partial charge in [-0.15, -0.1) is 0 Å². The lowest BCUT2D eigenvalue weighted by atomic mass is 10.0. The van der Waals surface area contributed by atoms with E-state index in [1.54, 1.807) is 31.7 Å². The third kappa shape index (κ3) is 4.18. The van der Waals surface area contributed by atoms with Crippen LogP contribution in [0.3, 0.4) is 0 Å². The van der Waals surface area contributed by atoms with E-state index in [9.17, 15) is 9.18 Å². The van der Waals surface area contributed by atoms with Crippen molar-refractivity contribution >= 4 is 33.7 Å². The van der Waals surface area contributed by atoms with Crippen molar-refractivity contribution < 1.29 is 9.18 Å². The molecule has 0 aliphatic carbocycles. The Morgan fingerprint density at radius 3 is 2.65 bits per heavy atom. The van der Waals surface area contributed by atoms with Gasteiger partial charge in [0.15, 0.2) is 11.5 Å². The molecule has 0 bridgehead atoms. The van der Waals surface area contributed by atoms with E-state index in [0.717, 1.165) is 16.6 Å². The number of imidazole rings is 1. The number of carbonyl (C=O) groups excluding carboxylic acids is 1. The van der Waals surface area contributed by atoms with Crippen LogP contribution in [0.5, 0.6) is 0 Å². The second kappa shape index (κ2) is 8.90. The minimum Gasteiger partial charge on any atom is -0.335 e. The zero-order valence-electron chi connectivity index (χ0n) is 20.0. The number of rotatable bonds is 5. The molecule has 0 saturated carbocycles. The molecule has 10 heteroatoms. The van der Waals surface area contributed by atoms with Crippen molar-refractivity contribution in [3.8, 4) is 33.9 Å². The van der Waals surface area contributed by atoms with Crippen LogP contribution in [-0.2, 0) is 4.79 Å². The molecule has 9 nitrogen and oxygen atoms in total. The van der Waals surface area contributed by atoms with E-state index in [0.29, 0.717) is 57.0 Å². The van der Waals surface area contributed by atoms with Crippen LogP contribution in [0.25, 0.3) is 56.0 Å². The SMILES string of the molecule is CCC(=O)Nc1cncc(-c2ccc3[nH]nc(-c4nc5c(-c6cc(C)cc(F)c6)cncc5[nH]4)c3n2)c1. The number of carbonyl (C=O) groups is 1. The Bertz CT molecular complexity index is 1790. The normalized spacial score (nSPS) is 11.3. The molecule has 0 fully saturated rings. The third-order valence-electron chi connectivity index (χ3n) is 6.02. The molecule has 6 rings (SSSR count). The molecule has 0 aliphatic heterocycles. The molecule has 3 N–H and O–H groups in total. The first-order chi connectivity index (χ1) is 18.0. The summed E-state index contributed by atoms with van der Waals surface area (Å²) in [4.78, 5) is 33.3. The average molecular weight is 493 g/mol. The smallest absolute Gasteiger partial charge is 0.224 e. The Balaban J connectivity index is 1.43. The zero-order valence-corrected chi connectivity index (χ0v) is 20.0. The maximum absolute atomic E-state index is 14.1. The Labute approximate surface area is 210 Å². The summed E-state index contributed by atoms with van der Waals surface area (Å²) >= 11 is 0. The molecule has 0 unspecified atom stereocenters. The largest absolute Gasteiger partial charge is 0.335 e. The molecule has 0 atom stereocenters. The van der Waals surface area contributed by atoms with Crippen LogP contribution in [0.2, 0.25) is 0 Å². The Morgan fingerprint density at radius 1 is 0.946 bits per heavy atom. The number of H-pyrrole nitrogens is 2. The fourth-order valence-electron chi connectivity index (χ4n) is 4.27. The number of fused-ring (bicyclic) bond motifs is 2. The van der Waals surface area contributed by atoms with E-state index in [4.69, 9.17) is 9.97 Å². The van der Waals surface area contributed by atoms with Gasteiger partial charge in [0.25, 0.3) is 0 Å². The number of hydrogen-bond acceptors (Lipinski definition) is 6. The van der Waals surface area contributed by atoms with Crippen molar-refractivity contribution in [2.75, 3.05) is 5.32 Å². The summed E-state index contributed by atoms with van der Waals surface area (Å²) < 4.78 is 14.1. The van der Waals surface area contributed by atoms with E-state index in [2.05, 4.69) is 30.5 Å². The number of pyridine rings is 3. The summed E-state index contributed by atoms with van der Waals surface area (Å²) in [6.07, 6.45) is 7.02. The van der Waals surface area contributed by atoms with Crippen molar-refractivity contribution in [3.05, 3.63) is 72.6 Å². The van der Waals surface area contributed by atoms with Crippen molar-refractivity contribution in [1.82, 2.24) is 35.1 Å². The van der Waals surface area contributed by atoms with Gasteiger partial charge < -0.3 is 10.3 Å². The molecular formula is C27H21FN8O. The highest BCUT2D eigenvalue weighted by molar-refractivity contribution is 5.96. The standard InChI is InChI=1S/C27H21FN8O/c1-3-23(37)31-18-9-16(10-29-11-18)20-4-5-21-25(32-20)26(36-35-21)27-33-22-13-30-12-19(24(22)34-27)15-6-14(2)7-17(28)8-15/h4-13H,3H2,1-2H3,(H,31,37)(H,33,34)(H,35,36). The van der Waals surface area contributed by atoms with Crippen LogP contribution in [0, 0.1) is 12.7 Å². The highest BCUT2D eigenvalue weighted by Crippen LogP contribution is 2.32. The number of anilines is 1. The number of benzene rings is 1. The molecule has 0 spiro atoms. The summed E-state index contributed by atoms with van der Waals surface area (Å²) in [5, 5.41) is 10.3. The number of nitrogens with one attached hydrogen (secondary N) is 3. The zero-order chi connectivity index (χ0) is 25.5. The minimum absolute atomic E-state index is 0.0911. The minimum atomic E-state index is -0.314. The lowest BCUT2D eigenvalue weighted by Crippen LogP contribution is -2.09. The van der Waals surface area contributed by atoms with Crippen molar-refractivity contribution in [1.29, 1.82) is 0 Å². The Morgan fingerprint density at radius 2 is 1.81 bits per heavy atom. The fourth-order valence-corrected chi connectivity index (χ4v) is 4.27. The van der Waals surface area contributed by atoms with Gasteiger partial charge in [-0.1, -0.05) is 13.0 Å². The topological polar surface area (TPSA) is 125 Å². The molecule has 0 radical (unpaired) electrons. The van der Waals surface area contributed by atoms with E-state index >= 15 is 0 Å². The monoisotopic (exact) mass is 492 g/mol. The van der Waals surface area contributed by atoms with Gasteiger partial charge in [-0.25, -0.2) is 14.4 Å². The molecule has 5 aromatic heterocycles. The average Bonchev–Trinajstić information content (AvgIpc) is 3.51. The maximum Gasteiger partial charge on any atom is 0.224 e. The second-order valence-corrected chi connectivity index (χ2v) is 8.71. The van der Waals surface area contributed by atoms with E-state index in [1.807, 2.05) is 31.2 Å². The predicted molar refractivity (Wildman–Crippen MR) is 139 cm³/mol. The first kappa shape index (κ1) is 22.5. The Kier molecular flexibility index (Phi) is 5.41. The molecule has 0 saturated heterocycles.